The SMILES string of the molecule is C/C=C\C1=C(C)C(=O)N(C)C1. The van der Waals surface area contributed by atoms with Crippen molar-refractivity contribution in [2.45, 2.75) is 13.8 Å². The van der Waals surface area contributed by atoms with Crippen LogP contribution >= 0.6 is 0 Å². The van der Waals surface area contributed by atoms with E-state index in [9.17, 15) is 4.79 Å². The van der Waals surface area contributed by atoms with Crippen LogP contribution in [0.2, 0.25) is 0 Å². The van der Waals surface area contributed by atoms with Crippen LogP contribution < -0.4 is 0 Å². The smallest absolute Gasteiger partial charge is 0.249 e. The van der Waals surface area contributed by atoms with Gasteiger partial charge in [-0.2, -0.15) is 0 Å². The molecule has 0 bridgehead atoms. The molecule has 0 unspecified atom stereocenters. The lowest BCUT2D eigenvalue weighted by Crippen LogP contribution is -2.21. The van der Waals surface area contributed by atoms with Crippen molar-refractivity contribution in [3.63, 3.8) is 0 Å². The molecule has 0 N–H and O–H groups in total. The largest absolute Gasteiger partial charge is 0.338 e. The van der Waals surface area contributed by atoms with E-state index >= 15 is 0 Å². The molecule has 0 radical (unpaired) electrons. The molecule has 0 aromatic carbocycles. The van der Waals surface area contributed by atoms with Gasteiger partial charge in [0.25, 0.3) is 0 Å². The lowest BCUT2D eigenvalue weighted by molar-refractivity contribution is -0.124. The van der Waals surface area contributed by atoms with Crippen LogP contribution in [0, 0.1) is 0 Å². The third-order valence-corrected chi connectivity index (χ3v) is 1.92. The maximum absolute atomic E-state index is 11.2. The Morgan fingerprint density at radius 1 is 1.55 bits per heavy atom. The predicted octanol–water partition coefficient (Wildman–Crippen LogP) is 1.35. The second-order valence-electron chi connectivity index (χ2n) is 2.81. The molecule has 0 fully saturated rings. The molecular formula is C9H13NO. The second kappa shape index (κ2) is 2.91. The number of allylic oxidation sites excluding steroid dienone is 1. The van der Waals surface area contributed by atoms with Gasteiger partial charge in [-0.3, -0.25) is 4.79 Å². The van der Waals surface area contributed by atoms with E-state index < -0.39 is 0 Å². The predicted molar refractivity (Wildman–Crippen MR) is 45.2 cm³/mol. The zero-order valence-corrected chi connectivity index (χ0v) is 7.22. The Morgan fingerprint density at radius 3 is 2.55 bits per heavy atom. The van der Waals surface area contributed by atoms with Gasteiger partial charge < -0.3 is 4.90 Å². The fraction of sp³-hybridized carbons (Fsp3) is 0.444. The van der Waals surface area contributed by atoms with Gasteiger partial charge in [-0.25, -0.2) is 0 Å². The van der Waals surface area contributed by atoms with Gasteiger partial charge in [0.2, 0.25) is 5.91 Å². The lowest BCUT2D eigenvalue weighted by Gasteiger charge is -2.06. The standard InChI is InChI=1S/C9H13NO/c1-4-5-8-6-10(3)9(11)7(8)2/h4-5H,6H2,1-3H3/b5-4-. The molecule has 2 nitrogen and oxygen atoms in total. The highest BCUT2D eigenvalue weighted by atomic mass is 16.2. The molecule has 2 heteroatoms. The first-order valence-electron chi connectivity index (χ1n) is 3.74. The van der Waals surface area contributed by atoms with Crippen LogP contribution in [-0.2, 0) is 4.79 Å². The Bertz CT molecular complexity index is 238. The Hall–Kier alpha value is -1.05. The molecule has 0 saturated carbocycles. The first kappa shape index (κ1) is 8.05. The van der Waals surface area contributed by atoms with E-state index in [1.165, 1.54) is 0 Å². The molecule has 0 saturated heterocycles. The minimum absolute atomic E-state index is 0.151. The summed E-state index contributed by atoms with van der Waals surface area (Å²) in [4.78, 5) is 13.0. The van der Waals surface area contributed by atoms with E-state index in [-0.39, 0.29) is 5.91 Å². The fourth-order valence-electron chi connectivity index (χ4n) is 1.25. The van der Waals surface area contributed by atoms with Crippen molar-refractivity contribution in [1.82, 2.24) is 4.90 Å². The van der Waals surface area contributed by atoms with Crippen LogP contribution in [0.1, 0.15) is 13.8 Å². The van der Waals surface area contributed by atoms with Crippen molar-refractivity contribution < 1.29 is 4.79 Å². The number of hydrogen-bond donors (Lipinski definition) is 0. The molecular weight excluding hydrogens is 138 g/mol. The number of carbonyl (C=O) groups is 1. The first-order valence-corrected chi connectivity index (χ1v) is 3.74. The quantitative estimate of drug-likeness (QED) is 0.554. The van der Waals surface area contributed by atoms with E-state index in [0.717, 1.165) is 17.7 Å². The van der Waals surface area contributed by atoms with Gasteiger partial charge in [-0.15, -0.1) is 0 Å². The minimum Gasteiger partial charge on any atom is -0.338 e. The third-order valence-electron chi connectivity index (χ3n) is 1.92. The van der Waals surface area contributed by atoms with Gasteiger partial charge in [-0.05, 0) is 19.4 Å². The molecule has 0 spiro atoms. The zero-order valence-electron chi connectivity index (χ0n) is 7.22. The molecule has 1 rings (SSSR count). The van der Waals surface area contributed by atoms with E-state index in [4.69, 9.17) is 0 Å². The van der Waals surface area contributed by atoms with Gasteiger partial charge in [0.1, 0.15) is 0 Å². The lowest BCUT2D eigenvalue weighted by atomic mass is 10.1. The van der Waals surface area contributed by atoms with Crippen LogP contribution in [0.3, 0.4) is 0 Å². The average molecular weight is 151 g/mol. The Morgan fingerprint density at radius 2 is 2.18 bits per heavy atom. The van der Waals surface area contributed by atoms with Crippen LogP contribution in [-0.4, -0.2) is 24.4 Å². The number of likely N-dealkylation sites (N-methyl/N-ethyl adjacent to an activating group) is 1. The normalized spacial score (nSPS) is 19.2. The Kier molecular flexibility index (Phi) is 2.13. The summed E-state index contributed by atoms with van der Waals surface area (Å²) in [6.07, 6.45) is 3.96. The highest BCUT2D eigenvalue weighted by molar-refractivity contribution is 5.96. The molecule has 0 aliphatic carbocycles. The van der Waals surface area contributed by atoms with Crippen LogP contribution in [0.5, 0.6) is 0 Å². The molecule has 1 heterocycles. The Labute approximate surface area is 67.2 Å². The van der Waals surface area contributed by atoms with Gasteiger partial charge in [-0.1, -0.05) is 12.2 Å². The monoisotopic (exact) mass is 151 g/mol. The third kappa shape index (κ3) is 1.34. The number of hydrogen-bond acceptors (Lipinski definition) is 1. The average Bonchev–Trinajstić information content (AvgIpc) is 2.19. The van der Waals surface area contributed by atoms with Crippen LogP contribution in [0.4, 0.5) is 0 Å². The highest BCUT2D eigenvalue weighted by Gasteiger charge is 2.21. The minimum atomic E-state index is 0.151. The van der Waals surface area contributed by atoms with Gasteiger partial charge in [0.15, 0.2) is 0 Å². The molecule has 1 aliphatic heterocycles. The van der Waals surface area contributed by atoms with Crippen LogP contribution in [0.15, 0.2) is 23.3 Å². The van der Waals surface area contributed by atoms with Crippen molar-refractivity contribution in [2.24, 2.45) is 0 Å². The number of rotatable bonds is 1. The van der Waals surface area contributed by atoms with Crippen LogP contribution in [0.25, 0.3) is 0 Å². The summed E-state index contributed by atoms with van der Waals surface area (Å²) >= 11 is 0. The maximum atomic E-state index is 11.2. The summed E-state index contributed by atoms with van der Waals surface area (Å²) in [6.45, 7) is 4.60. The molecule has 1 amide bonds. The van der Waals surface area contributed by atoms with Gasteiger partial charge >= 0.3 is 0 Å². The maximum Gasteiger partial charge on any atom is 0.249 e. The zero-order chi connectivity index (χ0) is 8.43. The van der Waals surface area contributed by atoms with E-state index in [1.54, 1.807) is 4.90 Å². The number of amides is 1. The fourth-order valence-corrected chi connectivity index (χ4v) is 1.25. The summed E-state index contributed by atoms with van der Waals surface area (Å²) in [7, 11) is 1.82. The van der Waals surface area contributed by atoms with Crippen molar-refractivity contribution in [3.8, 4) is 0 Å². The van der Waals surface area contributed by atoms with Crippen molar-refractivity contribution in [1.29, 1.82) is 0 Å². The van der Waals surface area contributed by atoms with Crippen molar-refractivity contribution >= 4 is 5.91 Å². The summed E-state index contributed by atoms with van der Waals surface area (Å²) in [5, 5.41) is 0. The molecule has 0 aromatic heterocycles. The van der Waals surface area contributed by atoms with Crippen molar-refractivity contribution in [3.05, 3.63) is 23.3 Å². The van der Waals surface area contributed by atoms with Gasteiger partial charge in [0.05, 0.1) is 0 Å². The van der Waals surface area contributed by atoms with E-state index in [1.807, 2.05) is 33.0 Å². The topological polar surface area (TPSA) is 20.3 Å². The number of carbonyl (C=O) groups excluding carboxylic acids is 1. The molecule has 60 valence electrons. The second-order valence-corrected chi connectivity index (χ2v) is 2.81. The molecule has 1 aliphatic rings. The van der Waals surface area contributed by atoms with E-state index in [0.29, 0.717) is 0 Å². The van der Waals surface area contributed by atoms with Gasteiger partial charge in [0, 0.05) is 19.2 Å². The van der Waals surface area contributed by atoms with E-state index in [2.05, 4.69) is 0 Å². The summed E-state index contributed by atoms with van der Waals surface area (Å²) < 4.78 is 0. The first-order chi connectivity index (χ1) is 5.16. The molecule has 0 atom stereocenters. The highest BCUT2D eigenvalue weighted by Crippen LogP contribution is 2.17. The molecule has 11 heavy (non-hydrogen) atoms. The summed E-state index contributed by atoms with van der Waals surface area (Å²) in [6, 6.07) is 0. The summed E-state index contributed by atoms with van der Waals surface area (Å²) in [5.74, 6) is 0.151. The molecule has 0 aromatic rings. The van der Waals surface area contributed by atoms with Crippen molar-refractivity contribution in [2.75, 3.05) is 13.6 Å². The summed E-state index contributed by atoms with van der Waals surface area (Å²) in [5.41, 5.74) is 2.02. The number of nitrogens with zero attached hydrogens (tertiary/aromatic N) is 1. The Balaban J connectivity index is 2.89.